The normalized spacial score (nSPS) is 16.2. The van der Waals surface area contributed by atoms with Crippen LogP contribution in [0.2, 0.25) is 15.1 Å². The maximum absolute atomic E-state index is 11.5. The van der Waals surface area contributed by atoms with Gasteiger partial charge in [0.05, 0.1) is 15.1 Å². The number of amides is 1. The predicted molar refractivity (Wildman–Crippen MR) is 63.1 cm³/mol. The zero-order valence-corrected chi connectivity index (χ0v) is 10.0. The highest BCUT2D eigenvalue weighted by molar-refractivity contribution is 6.48. The highest BCUT2D eigenvalue weighted by Crippen LogP contribution is 2.35. The fraction of sp³-hybridized carbons (Fsp3) is 0.300. The van der Waals surface area contributed by atoms with Crippen molar-refractivity contribution >= 4 is 46.4 Å². The lowest BCUT2D eigenvalue weighted by atomic mass is 10.3. The van der Waals surface area contributed by atoms with E-state index in [-0.39, 0.29) is 5.91 Å². The van der Waals surface area contributed by atoms with Crippen LogP contribution in [0.15, 0.2) is 12.1 Å². The van der Waals surface area contributed by atoms with Crippen LogP contribution >= 0.6 is 34.8 Å². The number of hydrogen-bond acceptors (Lipinski definition) is 1. The lowest BCUT2D eigenvalue weighted by molar-refractivity contribution is -0.117. The second kappa shape index (κ2) is 4.20. The van der Waals surface area contributed by atoms with Gasteiger partial charge in [0.1, 0.15) is 0 Å². The van der Waals surface area contributed by atoms with Crippen molar-refractivity contribution in [2.75, 3.05) is 11.4 Å². The average molecular weight is 265 g/mol. The van der Waals surface area contributed by atoms with Crippen molar-refractivity contribution in [1.29, 1.82) is 0 Å². The first-order valence-electron chi connectivity index (χ1n) is 4.54. The molecule has 1 aromatic carbocycles. The standard InChI is InChI=1S/C10H8Cl3NO/c11-7-4-6(5-8(12)10(7)13)14-3-1-2-9(14)15/h4-5H,1-3H2. The van der Waals surface area contributed by atoms with Gasteiger partial charge in [-0.1, -0.05) is 34.8 Å². The molecule has 15 heavy (non-hydrogen) atoms. The van der Waals surface area contributed by atoms with Crippen LogP contribution in [0.4, 0.5) is 5.69 Å². The Balaban J connectivity index is 2.41. The Hall–Kier alpha value is -0.440. The molecule has 1 aromatic rings. The fourth-order valence-electron chi connectivity index (χ4n) is 1.62. The van der Waals surface area contributed by atoms with Crippen molar-refractivity contribution < 1.29 is 4.79 Å². The molecule has 1 aliphatic rings. The third-order valence-electron chi connectivity index (χ3n) is 2.35. The number of hydrogen-bond donors (Lipinski definition) is 0. The Morgan fingerprint density at radius 3 is 2.20 bits per heavy atom. The molecule has 5 heteroatoms. The highest BCUT2D eigenvalue weighted by atomic mass is 35.5. The van der Waals surface area contributed by atoms with Crippen LogP contribution in [0, 0.1) is 0 Å². The van der Waals surface area contributed by atoms with E-state index in [0.717, 1.165) is 12.1 Å². The van der Waals surface area contributed by atoms with Crippen LogP contribution in [0.5, 0.6) is 0 Å². The first kappa shape index (κ1) is 11.1. The fourth-order valence-corrected chi connectivity index (χ4v) is 2.20. The lowest BCUT2D eigenvalue weighted by Gasteiger charge is -2.16. The Labute approximate surface area is 103 Å². The molecule has 0 spiro atoms. The van der Waals surface area contributed by atoms with Gasteiger partial charge in [-0.15, -0.1) is 0 Å². The van der Waals surface area contributed by atoms with Crippen molar-refractivity contribution in [2.24, 2.45) is 0 Å². The minimum atomic E-state index is 0.101. The summed E-state index contributed by atoms with van der Waals surface area (Å²) >= 11 is 17.6. The summed E-state index contributed by atoms with van der Waals surface area (Å²) in [4.78, 5) is 13.2. The molecule has 1 saturated heterocycles. The summed E-state index contributed by atoms with van der Waals surface area (Å²) < 4.78 is 0. The van der Waals surface area contributed by atoms with E-state index in [1.165, 1.54) is 0 Å². The van der Waals surface area contributed by atoms with Crippen LogP contribution in [-0.2, 0) is 4.79 Å². The van der Waals surface area contributed by atoms with Crippen molar-refractivity contribution in [1.82, 2.24) is 0 Å². The number of rotatable bonds is 1. The highest BCUT2D eigenvalue weighted by Gasteiger charge is 2.22. The smallest absolute Gasteiger partial charge is 0.227 e. The molecular formula is C10H8Cl3NO. The van der Waals surface area contributed by atoms with Gasteiger partial charge in [0.25, 0.3) is 0 Å². The van der Waals surface area contributed by atoms with Crippen LogP contribution in [0.1, 0.15) is 12.8 Å². The SMILES string of the molecule is O=C1CCCN1c1cc(Cl)c(Cl)c(Cl)c1. The zero-order valence-electron chi connectivity index (χ0n) is 7.77. The molecule has 2 nitrogen and oxygen atoms in total. The van der Waals surface area contributed by atoms with E-state index in [1.54, 1.807) is 17.0 Å². The van der Waals surface area contributed by atoms with Gasteiger partial charge >= 0.3 is 0 Å². The number of benzene rings is 1. The summed E-state index contributed by atoms with van der Waals surface area (Å²) in [7, 11) is 0. The molecule has 0 N–H and O–H groups in total. The van der Waals surface area contributed by atoms with E-state index in [0.29, 0.717) is 28.0 Å². The van der Waals surface area contributed by atoms with Gasteiger partial charge in [-0.2, -0.15) is 0 Å². The summed E-state index contributed by atoms with van der Waals surface area (Å²) in [5, 5.41) is 1.08. The Morgan fingerprint density at radius 1 is 1.13 bits per heavy atom. The van der Waals surface area contributed by atoms with Crippen molar-refractivity contribution in [2.45, 2.75) is 12.8 Å². The summed E-state index contributed by atoms with van der Waals surface area (Å²) in [5.74, 6) is 0.101. The van der Waals surface area contributed by atoms with Gasteiger partial charge in [-0.3, -0.25) is 4.79 Å². The molecule has 1 amide bonds. The van der Waals surface area contributed by atoms with E-state index < -0.39 is 0 Å². The molecule has 0 aromatic heterocycles. The number of carbonyl (C=O) groups excluding carboxylic acids is 1. The molecule has 80 valence electrons. The van der Waals surface area contributed by atoms with Crippen molar-refractivity contribution in [3.05, 3.63) is 27.2 Å². The third-order valence-corrected chi connectivity index (χ3v) is 3.55. The second-order valence-electron chi connectivity index (χ2n) is 3.37. The summed E-state index contributed by atoms with van der Waals surface area (Å²) in [6.45, 7) is 0.715. The summed E-state index contributed by atoms with van der Waals surface area (Å²) in [6, 6.07) is 3.33. The molecule has 1 aliphatic heterocycles. The van der Waals surface area contributed by atoms with Crippen LogP contribution < -0.4 is 4.90 Å². The molecule has 0 radical (unpaired) electrons. The zero-order chi connectivity index (χ0) is 11.0. The Kier molecular flexibility index (Phi) is 3.10. The average Bonchev–Trinajstić information content (AvgIpc) is 2.60. The maximum Gasteiger partial charge on any atom is 0.227 e. The second-order valence-corrected chi connectivity index (χ2v) is 4.56. The van der Waals surface area contributed by atoms with Gasteiger partial charge in [-0.25, -0.2) is 0 Å². The van der Waals surface area contributed by atoms with Gasteiger partial charge in [0.15, 0.2) is 0 Å². The molecule has 0 unspecified atom stereocenters. The monoisotopic (exact) mass is 263 g/mol. The summed E-state index contributed by atoms with van der Waals surface area (Å²) in [6.07, 6.45) is 1.45. The first-order valence-corrected chi connectivity index (χ1v) is 5.68. The first-order chi connectivity index (χ1) is 7.09. The van der Waals surface area contributed by atoms with Crippen molar-refractivity contribution in [3.63, 3.8) is 0 Å². The largest absolute Gasteiger partial charge is 0.312 e. The number of nitrogens with zero attached hydrogens (tertiary/aromatic N) is 1. The topological polar surface area (TPSA) is 20.3 Å². The van der Waals surface area contributed by atoms with Gasteiger partial charge < -0.3 is 4.90 Å². The minimum Gasteiger partial charge on any atom is -0.312 e. The molecule has 0 aliphatic carbocycles. The van der Waals surface area contributed by atoms with E-state index in [4.69, 9.17) is 34.8 Å². The minimum absolute atomic E-state index is 0.101. The predicted octanol–water partition coefficient (Wildman–Crippen LogP) is 3.77. The van der Waals surface area contributed by atoms with Gasteiger partial charge in [-0.05, 0) is 18.6 Å². The maximum atomic E-state index is 11.5. The van der Waals surface area contributed by atoms with Crippen molar-refractivity contribution in [3.8, 4) is 0 Å². The molecular weight excluding hydrogens is 256 g/mol. The Morgan fingerprint density at radius 2 is 1.73 bits per heavy atom. The van der Waals surface area contributed by atoms with Crippen LogP contribution in [-0.4, -0.2) is 12.5 Å². The Bertz CT molecular complexity index is 396. The molecule has 1 fully saturated rings. The van der Waals surface area contributed by atoms with E-state index in [9.17, 15) is 4.79 Å². The molecule has 2 rings (SSSR count). The molecule has 0 saturated carbocycles. The quantitative estimate of drug-likeness (QED) is 0.707. The molecule has 1 heterocycles. The molecule has 0 bridgehead atoms. The van der Waals surface area contributed by atoms with Crippen LogP contribution in [0.25, 0.3) is 0 Å². The number of carbonyl (C=O) groups is 1. The lowest BCUT2D eigenvalue weighted by Crippen LogP contribution is -2.23. The van der Waals surface area contributed by atoms with E-state index in [1.807, 2.05) is 0 Å². The van der Waals surface area contributed by atoms with E-state index in [2.05, 4.69) is 0 Å². The third kappa shape index (κ3) is 2.07. The van der Waals surface area contributed by atoms with Gasteiger partial charge in [0, 0.05) is 18.7 Å². The molecule has 0 atom stereocenters. The van der Waals surface area contributed by atoms with E-state index >= 15 is 0 Å². The van der Waals surface area contributed by atoms with Gasteiger partial charge in [0.2, 0.25) is 5.91 Å². The van der Waals surface area contributed by atoms with Crippen LogP contribution in [0.3, 0.4) is 0 Å². The number of halogens is 3. The summed E-state index contributed by atoms with van der Waals surface area (Å²) in [5.41, 5.74) is 0.719. The number of anilines is 1.